The van der Waals surface area contributed by atoms with Crippen LogP contribution in [-0.4, -0.2) is 16.6 Å². The van der Waals surface area contributed by atoms with Gasteiger partial charge in [0.2, 0.25) is 0 Å². The Morgan fingerprint density at radius 3 is 2.39 bits per heavy atom. The smallest absolute Gasteiger partial charge is 0.406 e. The van der Waals surface area contributed by atoms with Crippen molar-refractivity contribution in [3.8, 4) is 5.75 Å². The quantitative estimate of drug-likeness (QED) is 0.899. The van der Waals surface area contributed by atoms with E-state index in [0.717, 1.165) is 0 Å². The maximum absolute atomic E-state index is 11.9. The van der Waals surface area contributed by atoms with E-state index in [1.807, 2.05) is 0 Å². The molecule has 2 N–H and O–H groups in total. The summed E-state index contributed by atoms with van der Waals surface area (Å²) in [5, 5.41) is 9.53. The third kappa shape index (κ3) is 3.56. The highest BCUT2D eigenvalue weighted by atomic mass is 35.5. The second-order valence-electron chi connectivity index (χ2n) is 3.30. The van der Waals surface area contributed by atoms with E-state index in [1.165, 1.54) is 24.3 Å². The lowest BCUT2D eigenvalue weighted by Gasteiger charge is -2.09. The van der Waals surface area contributed by atoms with Gasteiger partial charge in [0.1, 0.15) is 10.9 Å². The Labute approximate surface area is 105 Å². The minimum Gasteiger partial charge on any atom is -0.406 e. The number of nitrogens with zero attached hydrogens (tertiary/aromatic N) is 1. The van der Waals surface area contributed by atoms with Gasteiger partial charge >= 0.3 is 6.36 Å². The summed E-state index contributed by atoms with van der Waals surface area (Å²) in [4.78, 5) is 0. The zero-order valence-corrected chi connectivity index (χ0v) is 9.51. The van der Waals surface area contributed by atoms with Crippen molar-refractivity contribution < 1.29 is 17.9 Å². The van der Waals surface area contributed by atoms with Crippen LogP contribution in [0.2, 0.25) is 5.15 Å². The first-order chi connectivity index (χ1) is 8.42. The lowest BCUT2D eigenvalue weighted by molar-refractivity contribution is -0.274. The Bertz CT molecular complexity index is 524. The molecule has 0 atom stereocenters. The van der Waals surface area contributed by atoms with Gasteiger partial charge < -0.3 is 10.1 Å². The molecule has 0 fully saturated rings. The first kappa shape index (κ1) is 12.6. The van der Waals surface area contributed by atoms with Crippen LogP contribution >= 0.6 is 11.6 Å². The molecule has 0 aliphatic heterocycles. The summed E-state index contributed by atoms with van der Waals surface area (Å²) in [6, 6.07) is 6.81. The second kappa shape index (κ2) is 4.77. The zero-order valence-electron chi connectivity index (χ0n) is 8.75. The fraction of sp³-hybridized carbons (Fsp3) is 0.100. The van der Waals surface area contributed by atoms with Crippen LogP contribution in [0.1, 0.15) is 0 Å². The number of aromatic nitrogens is 2. The first-order valence-corrected chi connectivity index (χ1v) is 5.14. The second-order valence-corrected chi connectivity index (χ2v) is 3.71. The Kier molecular flexibility index (Phi) is 3.33. The van der Waals surface area contributed by atoms with Crippen LogP contribution in [0.3, 0.4) is 0 Å². The number of aromatic amines is 1. The van der Waals surface area contributed by atoms with Crippen molar-refractivity contribution in [1.29, 1.82) is 0 Å². The van der Waals surface area contributed by atoms with Gasteiger partial charge in [0.05, 0.1) is 0 Å². The fourth-order valence-corrected chi connectivity index (χ4v) is 1.40. The van der Waals surface area contributed by atoms with Crippen molar-refractivity contribution >= 4 is 23.1 Å². The third-order valence-corrected chi connectivity index (χ3v) is 2.10. The molecule has 4 nitrogen and oxygen atoms in total. The number of benzene rings is 1. The van der Waals surface area contributed by atoms with Crippen molar-refractivity contribution in [3.05, 3.63) is 35.5 Å². The Balaban J connectivity index is 2.04. The molecular formula is C10H7ClF3N3O. The van der Waals surface area contributed by atoms with Crippen LogP contribution in [0.4, 0.5) is 24.7 Å². The Morgan fingerprint density at radius 1 is 1.22 bits per heavy atom. The Morgan fingerprint density at radius 2 is 1.89 bits per heavy atom. The van der Waals surface area contributed by atoms with Crippen molar-refractivity contribution in [2.75, 3.05) is 5.32 Å². The van der Waals surface area contributed by atoms with Crippen molar-refractivity contribution in [2.24, 2.45) is 0 Å². The van der Waals surface area contributed by atoms with Gasteiger partial charge in [0.15, 0.2) is 5.82 Å². The number of nitrogens with one attached hydrogen (secondary N) is 2. The van der Waals surface area contributed by atoms with E-state index < -0.39 is 6.36 Å². The number of anilines is 2. The van der Waals surface area contributed by atoms with Crippen LogP contribution < -0.4 is 10.1 Å². The van der Waals surface area contributed by atoms with Gasteiger partial charge in [-0.3, -0.25) is 5.10 Å². The van der Waals surface area contributed by atoms with Crippen LogP contribution in [-0.2, 0) is 0 Å². The predicted molar refractivity (Wildman–Crippen MR) is 60.0 cm³/mol. The molecule has 1 heterocycles. The summed E-state index contributed by atoms with van der Waals surface area (Å²) in [6.45, 7) is 0. The van der Waals surface area contributed by atoms with Gasteiger partial charge in [0, 0.05) is 11.8 Å². The third-order valence-electron chi connectivity index (χ3n) is 1.91. The van der Waals surface area contributed by atoms with E-state index >= 15 is 0 Å². The molecule has 0 unspecified atom stereocenters. The van der Waals surface area contributed by atoms with Gasteiger partial charge in [-0.15, -0.1) is 13.2 Å². The Hall–Kier alpha value is -1.89. The van der Waals surface area contributed by atoms with E-state index in [-0.39, 0.29) is 5.75 Å². The minimum atomic E-state index is -4.69. The standard InChI is InChI=1S/C10H7ClF3N3O/c11-8-5-9(17-16-8)15-6-1-3-7(4-2-6)18-10(12,13)14/h1-5H,(H2,15,16,17). The molecule has 0 bridgehead atoms. The maximum Gasteiger partial charge on any atom is 0.573 e. The van der Waals surface area contributed by atoms with Crippen LogP contribution in [0.5, 0.6) is 5.75 Å². The maximum atomic E-state index is 11.9. The van der Waals surface area contributed by atoms with E-state index in [0.29, 0.717) is 16.7 Å². The summed E-state index contributed by atoms with van der Waals surface area (Å²) >= 11 is 5.62. The molecule has 0 saturated carbocycles. The highest BCUT2D eigenvalue weighted by Crippen LogP contribution is 2.25. The predicted octanol–water partition coefficient (Wildman–Crippen LogP) is 3.71. The largest absolute Gasteiger partial charge is 0.573 e. The molecule has 0 aliphatic rings. The molecule has 96 valence electrons. The number of hydrogen-bond donors (Lipinski definition) is 2. The van der Waals surface area contributed by atoms with E-state index in [4.69, 9.17) is 11.6 Å². The highest BCUT2D eigenvalue weighted by molar-refractivity contribution is 6.29. The van der Waals surface area contributed by atoms with E-state index in [9.17, 15) is 13.2 Å². The van der Waals surface area contributed by atoms with E-state index in [2.05, 4.69) is 20.3 Å². The van der Waals surface area contributed by atoms with Crippen molar-refractivity contribution in [1.82, 2.24) is 10.2 Å². The highest BCUT2D eigenvalue weighted by Gasteiger charge is 2.30. The van der Waals surface area contributed by atoms with Gasteiger partial charge in [-0.05, 0) is 24.3 Å². The molecule has 0 spiro atoms. The fourth-order valence-electron chi connectivity index (χ4n) is 1.25. The molecule has 8 heteroatoms. The molecule has 0 aliphatic carbocycles. The molecule has 0 amide bonds. The van der Waals surface area contributed by atoms with Crippen LogP contribution in [0.25, 0.3) is 0 Å². The summed E-state index contributed by atoms with van der Waals surface area (Å²) < 4.78 is 39.5. The first-order valence-electron chi connectivity index (χ1n) is 4.76. The summed E-state index contributed by atoms with van der Waals surface area (Å²) in [7, 11) is 0. The number of rotatable bonds is 3. The zero-order chi connectivity index (χ0) is 13.2. The summed E-state index contributed by atoms with van der Waals surface area (Å²) in [5.74, 6) is 0.178. The monoisotopic (exact) mass is 277 g/mol. The van der Waals surface area contributed by atoms with Crippen LogP contribution in [0, 0.1) is 0 Å². The van der Waals surface area contributed by atoms with Crippen molar-refractivity contribution in [2.45, 2.75) is 6.36 Å². The lowest BCUT2D eigenvalue weighted by atomic mass is 10.3. The number of alkyl halides is 3. The van der Waals surface area contributed by atoms with Gasteiger partial charge in [-0.1, -0.05) is 11.6 Å². The van der Waals surface area contributed by atoms with Gasteiger partial charge in [-0.2, -0.15) is 5.10 Å². The molecule has 0 saturated heterocycles. The van der Waals surface area contributed by atoms with Gasteiger partial charge in [0.25, 0.3) is 0 Å². The SMILES string of the molecule is FC(F)(F)Oc1ccc(Nc2cc(Cl)[nH]n2)cc1. The molecule has 1 aromatic carbocycles. The summed E-state index contributed by atoms with van der Waals surface area (Å²) in [6.07, 6.45) is -4.69. The summed E-state index contributed by atoms with van der Waals surface area (Å²) in [5.41, 5.74) is 0.563. The molecule has 2 aromatic rings. The minimum absolute atomic E-state index is 0.284. The molecular weight excluding hydrogens is 271 g/mol. The average Bonchev–Trinajstić information content (AvgIpc) is 2.65. The number of halogens is 4. The number of ether oxygens (including phenoxy) is 1. The van der Waals surface area contributed by atoms with Crippen LogP contribution in [0.15, 0.2) is 30.3 Å². The topological polar surface area (TPSA) is 49.9 Å². The van der Waals surface area contributed by atoms with E-state index in [1.54, 1.807) is 6.07 Å². The lowest BCUT2D eigenvalue weighted by Crippen LogP contribution is -2.16. The molecule has 18 heavy (non-hydrogen) atoms. The van der Waals surface area contributed by atoms with Gasteiger partial charge in [-0.25, -0.2) is 0 Å². The normalized spacial score (nSPS) is 11.3. The van der Waals surface area contributed by atoms with Crippen molar-refractivity contribution in [3.63, 3.8) is 0 Å². The number of H-pyrrole nitrogens is 1. The molecule has 0 radical (unpaired) electrons. The number of hydrogen-bond acceptors (Lipinski definition) is 3. The average molecular weight is 278 g/mol. The molecule has 1 aromatic heterocycles. The molecule has 2 rings (SSSR count).